The quantitative estimate of drug-likeness (QED) is 0.265. The zero-order chi connectivity index (χ0) is 20.8. The van der Waals surface area contributed by atoms with Crippen molar-refractivity contribution < 1.29 is 0 Å². The summed E-state index contributed by atoms with van der Waals surface area (Å²) >= 11 is -2.95. The summed E-state index contributed by atoms with van der Waals surface area (Å²) in [6, 6.07) is 32.0. The van der Waals surface area contributed by atoms with Crippen LogP contribution in [0.4, 0.5) is 0 Å². The molecule has 0 saturated heterocycles. The van der Waals surface area contributed by atoms with Crippen LogP contribution in [0.5, 0.6) is 0 Å². The molecule has 30 heavy (non-hydrogen) atoms. The van der Waals surface area contributed by atoms with Gasteiger partial charge in [0, 0.05) is 0 Å². The Morgan fingerprint density at radius 1 is 0.633 bits per heavy atom. The Morgan fingerprint density at radius 3 is 1.80 bits per heavy atom. The van der Waals surface area contributed by atoms with Gasteiger partial charge in [0.15, 0.2) is 0 Å². The molecule has 3 aromatic carbocycles. The van der Waals surface area contributed by atoms with E-state index in [1.165, 1.54) is 43.2 Å². The monoisotopic (exact) mass is 454 g/mol. The average molecular weight is 453 g/mol. The Kier molecular flexibility index (Phi) is 6.74. The maximum atomic E-state index is 2.49. The van der Waals surface area contributed by atoms with Gasteiger partial charge in [-0.3, -0.25) is 0 Å². The standard InChI is InChI=1S/C29H32Ge/c1-3-4-5-8-17-28-22-23-29(25-20-18-24(2)19-21-25)30(28,26-13-9-6-10-14-26)27-15-11-7-12-16-27/h6-7,9-16,18-23H,3-5,8,17H2,1-2H3. The average Bonchev–Trinajstić information content (AvgIpc) is 3.18. The third-order valence-corrected chi connectivity index (χ3v) is 17.0. The molecule has 1 heteroatoms. The van der Waals surface area contributed by atoms with Crippen molar-refractivity contribution in [1.29, 1.82) is 0 Å². The van der Waals surface area contributed by atoms with Crippen molar-refractivity contribution in [3.8, 4) is 0 Å². The topological polar surface area (TPSA) is 0 Å². The predicted octanol–water partition coefficient (Wildman–Crippen LogP) is 6.63. The molecule has 0 unspecified atom stereocenters. The number of unbranched alkanes of at least 4 members (excludes halogenated alkanes) is 3. The predicted molar refractivity (Wildman–Crippen MR) is 134 cm³/mol. The number of aryl methyl sites for hydroxylation is 1. The molecule has 0 radical (unpaired) electrons. The van der Waals surface area contributed by atoms with Crippen molar-refractivity contribution in [1.82, 2.24) is 0 Å². The van der Waals surface area contributed by atoms with Crippen molar-refractivity contribution >= 4 is 26.5 Å². The first kappa shape index (κ1) is 20.9. The molecule has 0 fully saturated rings. The van der Waals surface area contributed by atoms with Crippen LogP contribution in [0.15, 0.2) is 101 Å². The summed E-state index contributed by atoms with van der Waals surface area (Å²) in [7, 11) is 0. The van der Waals surface area contributed by atoms with Gasteiger partial charge in [0.25, 0.3) is 0 Å². The van der Waals surface area contributed by atoms with Crippen molar-refractivity contribution in [3.05, 3.63) is 113 Å². The molecule has 1 aliphatic heterocycles. The Bertz CT molecular complexity index is 971. The van der Waals surface area contributed by atoms with E-state index in [0.29, 0.717) is 0 Å². The van der Waals surface area contributed by atoms with Crippen LogP contribution in [-0.2, 0) is 0 Å². The van der Waals surface area contributed by atoms with Gasteiger partial charge < -0.3 is 0 Å². The summed E-state index contributed by atoms with van der Waals surface area (Å²) in [4.78, 5) is 0. The van der Waals surface area contributed by atoms with Crippen LogP contribution in [0.2, 0.25) is 0 Å². The maximum absolute atomic E-state index is 2.95. The normalized spacial score (nSPS) is 15.0. The molecule has 0 amide bonds. The molecule has 0 N–H and O–H groups in total. The SMILES string of the molecule is CCCCCC[C]1=CC=[C](c2ccc(C)cc2)[Ge]1([c]1ccccc1)[c]1ccccc1. The van der Waals surface area contributed by atoms with Gasteiger partial charge in [-0.2, -0.15) is 0 Å². The fourth-order valence-electron chi connectivity index (χ4n) is 4.89. The van der Waals surface area contributed by atoms with Gasteiger partial charge in [-0.1, -0.05) is 0 Å². The third-order valence-electron chi connectivity index (χ3n) is 6.41. The molecule has 0 atom stereocenters. The van der Waals surface area contributed by atoms with E-state index >= 15 is 0 Å². The van der Waals surface area contributed by atoms with Gasteiger partial charge in [0.05, 0.1) is 0 Å². The molecule has 4 rings (SSSR count). The van der Waals surface area contributed by atoms with E-state index < -0.39 is 13.3 Å². The van der Waals surface area contributed by atoms with Crippen LogP contribution in [0.1, 0.15) is 50.2 Å². The third kappa shape index (κ3) is 3.98. The summed E-state index contributed by atoms with van der Waals surface area (Å²) in [5.41, 5.74) is 2.72. The van der Waals surface area contributed by atoms with Crippen LogP contribution in [0.3, 0.4) is 0 Å². The van der Waals surface area contributed by atoms with E-state index in [0.717, 1.165) is 0 Å². The van der Waals surface area contributed by atoms with Gasteiger partial charge in [-0.25, -0.2) is 0 Å². The first-order valence-corrected chi connectivity index (χ1v) is 15.6. The molecule has 0 aromatic heterocycles. The molecule has 0 aliphatic carbocycles. The van der Waals surface area contributed by atoms with Crippen LogP contribution in [0, 0.1) is 6.92 Å². The van der Waals surface area contributed by atoms with Crippen molar-refractivity contribution in [3.63, 3.8) is 0 Å². The Labute approximate surface area is 184 Å². The van der Waals surface area contributed by atoms with E-state index in [9.17, 15) is 0 Å². The summed E-state index contributed by atoms with van der Waals surface area (Å²) < 4.78 is 6.39. The fraction of sp³-hybridized carbons (Fsp3) is 0.241. The minimum absolute atomic E-state index is 1.22. The Balaban J connectivity index is 1.87. The van der Waals surface area contributed by atoms with Crippen molar-refractivity contribution in [2.45, 2.75) is 46.0 Å². The Hall–Kier alpha value is -2.32. The number of hydrogen-bond donors (Lipinski definition) is 0. The molecule has 0 saturated carbocycles. The van der Waals surface area contributed by atoms with Crippen LogP contribution in [-0.4, -0.2) is 13.3 Å². The summed E-state index contributed by atoms with van der Waals surface area (Å²) in [5.74, 6) is 0. The fourth-order valence-corrected chi connectivity index (χ4v) is 15.9. The van der Waals surface area contributed by atoms with Crippen LogP contribution in [0.25, 0.3) is 4.41 Å². The van der Waals surface area contributed by atoms with Crippen LogP contribution < -0.4 is 8.79 Å². The second kappa shape index (κ2) is 9.66. The van der Waals surface area contributed by atoms with Crippen LogP contribution >= 0.6 is 0 Å². The number of benzene rings is 3. The molecule has 3 aromatic rings. The number of hydrogen-bond acceptors (Lipinski definition) is 0. The molecule has 152 valence electrons. The van der Waals surface area contributed by atoms with E-state index in [1.54, 1.807) is 17.6 Å². The molecule has 1 heterocycles. The zero-order valence-electron chi connectivity index (χ0n) is 18.3. The van der Waals surface area contributed by atoms with Gasteiger partial charge in [0.1, 0.15) is 0 Å². The second-order valence-corrected chi connectivity index (χ2v) is 16.5. The molecule has 0 nitrogen and oxygen atoms in total. The first-order valence-electron chi connectivity index (χ1n) is 11.4. The van der Waals surface area contributed by atoms with E-state index in [2.05, 4.69) is 111 Å². The zero-order valence-corrected chi connectivity index (χ0v) is 20.4. The molecular formula is C29H32Ge. The minimum atomic E-state index is -2.95. The molecule has 0 bridgehead atoms. The van der Waals surface area contributed by atoms with E-state index in [1.807, 2.05) is 0 Å². The molecule has 1 aliphatic rings. The molecule has 0 spiro atoms. The van der Waals surface area contributed by atoms with E-state index in [-0.39, 0.29) is 0 Å². The second-order valence-electron chi connectivity index (χ2n) is 8.43. The van der Waals surface area contributed by atoms with Gasteiger partial charge in [-0.15, -0.1) is 0 Å². The summed E-state index contributed by atoms with van der Waals surface area (Å²) in [6.07, 6.45) is 11.4. The first-order chi connectivity index (χ1) is 14.8. The van der Waals surface area contributed by atoms with Gasteiger partial charge in [0.2, 0.25) is 0 Å². The number of rotatable bonds is 8. The summed E-state index contributed by atoms with van der Waals surface area (Å²) in [6.45, 7) is 4.47. The van der Waals surface area contributed by atoms with E-state index in [4.69, 9.17) is 0 Å². The van der Waals surface area contributed by atoms with Gasteiger partial charge in [-0.05, 0) is 0 Å². The number of allylic oxidation sites excluding steroid dienone is 3. The van der Waals surface area contributed by atoms with Crippen molar-refractivity contribution in [2.24, 2.45) is 0 Å². The summed E-state index contributed by atoms with van der Waals surface area (Å²) in [5, 5.41) is 0. The van der Waals surface area contributed by atoms with Gasteiger partial charge >= 0.3 is 185 Å². The Morgan fingerprint density at radius 2 is 1.23 bits per heavy atom. The molecular weight excluding hydrogens is 421 g/mol. The van der Waals surface area contributed by atoms with Crippen molar-refractivity contribution in [2.75, 3.05) is 0 Å².